The molecule has 1 aliphatic carbocycles. The van der Waals surface area contributed by atoms with Gasteiger partial charge in [-0.25, -0.2) is 9.67 Å². The number of aryl methyl sites for hydroxylation is 1. The Balaban J connectivity index is 1.54. The number of halogens is 1. The summed E-state index contributed by atoms with van der Waals surface area (Å²) < 4.78 is 3.84. The molecule has 0 spiro atoms. The van der Waals surface area contributed by atoms with E-state index in [0.29, 0.717) is 28.9 Å². The zero-order valence-corrected chi connectivity index (χ0v) is 22.3. The number of benzene rings is 1. The first-order valence-electron chi connectivity index (χ1n) is 12.6. The van der Waals surface area contributed by atoms with Crippen LogP contribution in [0.15, 0.2) is 24.8 Å². The number of nitrogens with zero attached hydrogens (tertiary/aromatic N) is 5. The summed E-state index contributed by atoms with van der Waals surface area (Å²) in [6.07, 6.45) is 3.18. The Morgan fingerprint density at radius 3 is 2.66 bits per heavy atom. The largest absolute Gasteiger partial charge is 0.391 e. The second-order valence-corrected chi connectivity index (χ2v) is 10.3. The lowest BCUT2D eigenvalue weighted by atomic mass is 10.1. The summed E-state index contributed by atoms with van der Waals surface area (Å²) in [4.78, 5) is 31.2. The van der Waals surface area contributed by atoms with E-state index in [0.717, 1.165) is 29.7 Å². The van der Waals surface area contributed by atoms with Gasteiger partial charge in [0.05, 0.1) is 34.2 Å². The Morgan fingerprint density at radius 2 is 2.05 bits per heavy atom. The van der Waals surface area contributed by atoms with Gasteiger partial charge in [-0.2, -0.15) is 5.10 Å². The quantitative estimate of drug-likeness (QED) is 0.328. The topological polar surface area (TPSA) is 131 Å². The molecule has 0 unspecified atom stereocenters. The fraction of sp³-hybridized carbons (Fsp3) is 0.407. The van der Waals surface area contributed by atoms with Crippen LogP contribution in [-0.4, -0.2) is 66.9 Å². The Kier molecular flexibility index (Phi) is 6.67. The Bertz CT molecular complexity index is 1520. The van der Waals surface area contributed by atoms with E-state index >= 15 is 0 Å². The fourth-order valence-corrected chi connectivity index (χ4v) is 5.56. The van der Waals surface area contributed by atoms with E-state index in [9.17, 15) is 14.7 Å². The fourth-order valence-electron chi connectivity index (χ4n) is 5.36. The average molecular weight is 536 g/mol. The number of imidazole rings is 1. The van der Waals surface area contributed by atoms with Gasteiger partial charge in [0, 0.05) is 25.2 Å². The second-order valence-electron chi connectivity index (χ2n) is 9.85. The van der Waals surface area contributed by atoms with Crippen molar-refractivity contribution in [2.45, 2.75) is 57.3 Å². The maximum atomic E-state index is 12.5. The zero-order chi connectivity index (χ0) is 27.3. The highest BCUT2D eigenvalue weighted by Crippen LogP contribution is 2.39. The van der Waals surface area contributed by atoms with Gasteiger partial charge in [0.25, 0.3) is 5.91 Å². The molecule has 0 radical (unpaired) electrons. The first-order valence-corrected chi connectivity index (χ1v) is 12.9. The molecule has 2 fully saturated rings. The van der Waals surface area contributed by atoms with Crippen molar-refractivity contribution in [3.8, 4) is 11.8 Å². The summed E-state index contributed by atoms with van der Waals surface area (Å²) in [5.74, 6) is 6.39. The van der Waals surface area contributed by atoms with E-state index in [4.69, 9.17) is 17.3 Å². The molecule has 38 heavy (non-hydrogen) atoms. The molecule has 2 aliphatic rings. The Morgan fingerprint density at radius 1 is 1.32 bits per heavy atom. The van der Waals surface area contributed by atoms with Crippen LogP contribution < -0.4 is 11.1 Å². The molecule has 198 valence electrons. The molecule has 2 amide bonds. The molecule has 5 rings (SSSR count). The molecule has 3 atom stereocenters. The standard InChI is InChI=1S/C27H30ClN7O3/c1-5-24(37)33-13-18(11-22(33)14(2)36)35-27(30-4)25(26(29)38)20(32-35)9-6-16-10-21-23(12-19(16)28)34(15(3)31-21)17-7-8-17/h5,10,12,14,17-18,22,30,36H,1,7-8,11,13H2,2-4H3,(H2,29,38)/t14-,18+,22-/m1/s1. The Labute approximate surface area is 225 Å². The van der Waals surface area contributed by atoms with Crippen LogP contribution in [0, 0.1) is 18.8 Å². The van der Waals surface area contributed by atoms with Crippen molar-refractivity contribution in [1.29, 1.82) is 0 Å². The molecule has 3 aromatic rings. The predicted molar refractivity (Wildman–Crippen MR) is 145 cm³/mol. The number of likely N-dealkylation sites (tertiary alicyclic amines) is 1. The number of amides is 2. The number of nitrogens with two attached hydrogens (primary N) is 1. The Hall–Kier alpha value is -3.81. The van der Waals surface area contributed by atoms with Crippen molar-refractivity contribution >= 4 is 40.3 Å². The summed E-state index contributed by atoms with van der Waals surface area (Å²) in [7, 11) is 1.66. The molecule has 4 N–H and O–H groups in total. The third-order valence-electron chi connectivity index (χ3n) is 7.26. The number of carbonyl (C=O) groups excluding carboxylic acids is 2. The lowest BCUT2D eigenvalue weighted by Crippen LogP contribution is -2.40. The summed E-state index contributed by atoms with van der Waals surface area (Å²) >= 11 is 6.61. The minimum Gasteiger partial charge on any atom is -0.391 e. The molecule has 10 nitrogen and oxygen atoms in total. The number of anilines is 1. The van der Waals surface area contributed by atoms with Crippen molar-refractivity contribution in [1.82, 2.24) is 24.2 Å². The van der Waals surface area contributed by atoms with Gasteiger partial charge in [0.2, 0.25) is 5.91 Å². The van der Waals surface area contributed by atoms with Gasteiger partial charge in [-0.15, -0.1) is 0 Å². The predicted octanol–water partition coefficient (Wildman–Crippen LogP) is 2.78. The molecule has 3 heterocycles. The summed E-state index contributed by atoms with van der Waals surface area (Å²) in [5, 5.41) is 18.4. The van der Waals surface area contributed by atoms with Crippen molar-refractivity contribution in [2.75, 3.05) is 18.9 Å². The smallest absolute Gasteiger partial charge is 0.255 e. The highest BCUT2D eigenvalue weighted by atomic mass is 35.5. The monoisotopic (exact) mass is 535 g/mol. The number of aliphatic hydroxyl groups is 1. The second kappa shape index (κ2) is 9.82. The number of aliphatic hydroxyl groups excluding tert-OH is 1. The van der Waals surface area contributed by atoms with E-state index in [1.165, 1.54) is 6.08 Å². The summed E-state index contributed by atoms with van der Waals surface area (Å²) in [5.41, 5.74) is 8.44. The van der Waals surface area contributed by atoms with Crippen molar-refractivity contribution in [3.63, 3.8) is 0 Å². The van der Waals surface area contributed by atoms with Crippen LogP contribution in [0.3, 0.4) is 0 Å². The van der Waals surface area contributed by atoms with E-state index in [1.54, 1.807) is 23.6 Å². The van der Waals surface area contributed by atoms with Crippen LogP contribution in [-0.2, 0) is 4.79 Å². The molecule has 1 aromatic carbocycles. The maximum absolute atomic E-state index is 12.5. The van der Waals surface area contributed by atoms with Gasteiger partial charge in [-0.05, 0) is 57.2 Å². The minimum absolute atomic E-state index is 0.146. The van der Waals surface area contributed by atoms with Gasteiger partial charge >= 0.3 is 0 Å². The van der Waals surface area contributed by atoms with E-state index < -0.39 is 18.1 Å². The van der Waals surface area contributed by atoms with Crippen LogP contribution in [0.5, 0.6) is 0 Å². The van der Waals surface area contributed by atoms with Crippen molar-refractivity contribution in [3.05, 3.63) is 52.5 Å². The number of rotatable bonds is 6. The van der Waals surface area contributed by atoms with E-state index in [1.807, 2.05) is 19.1 Å². The molecular formula is C27H30ClN7O3. The highest BCUT2D eigenvalue weighted by Gasteiger charge is 2.40. The van der Waals surface area contributed by atoms with Gasteiger partial charge in [-0.3, -0.25) is 9.59 Å². The normalized spacial score (nSPS) is 19.8. The van der Waals surface area contributed by atoms with Crippen LogP contribution in [0.25, 0.3) is 11.0 Å². The van der Waals surface area contributed by atoms with Gasteiger partial charge < -0.3 is 25.6 Å². The van der Waals surface area contributed by atoms with Gasteiger partial charge in [-0.1, -0.05) is 24.1 Å². The van der Waals surface area contributed by atoms with Crippen molar-refractivity contribution in [2.24, 2.45) is 5.73 Å². The average Bonchev–Trinajstić information content (AvgIpc) is 3.35. The highest BCUT2D eigenvalue weighted by molar-refractivity contribution is 6.32. The van der Waals surface area contributed by atoms with Crippen LogP contribution in [0.4, 0.5) is 5.82 Å². The third-order valence-corrected chi connectivity index (χ3v) is 7.57. The number of hydrogen-bond acceptors (Lipinski definition) is 6. The molecule has 0 bridgehead atoms. The van der Waals surface area contributed by atoms with Crippen LogP contribution >= 0.6 is 11.6 Å². The van der Waals surface area contributed by atoms with E-state index in [-0.39, 0.29) is 29.8 Å². The molecule has 11 heteroatoms. The number of hydrogen-bond donors (Lipinski definition) is 3. The first-order chi connectivity index (χ1) is 18.1. The third kappa shape index (κ3) is 4.42. The lowest BCUT2D eigenvalue weighted by Gasteiger charge is -2.25. The molecule has 1 saturated carbocycles. The van der Waals surface area contributed by atoms with Crippen molar-refractivity contribution < 1.29 is 14.7 Å². The number of aromatic nitrogens is 4. The van der Waals surface area contributed by atoms with E-state index in [2.05, 4.69) is 38.4 Å². The molecule has 1 saturated heterocycles. The molecular weight excluding hydrogens is 506 g/mol. The summed E-state index contributed by atoms with van der Waals surface area (Å²) in [6.45, 7) is 7.47. The number of nitrogens with one attached hydrogen (secondary N) is 1. The van der Waals surface area contributed by atoms with Crippen LogP contribution in [0.1, 0.15) is 65.7 Å². The SMILES string of the molecule is C=CC(=O)N1C[C@@H](n2nc(C#Cc3cc4nc(C)n(C5CC5)c4cc3Cl)c(C(N)=O)c2NC)C[C@@H]1[C@@H](C)O. The minimum atomic E-state index is -0.753. The molecule has 2 aromatic heterocycles. The van der Waals surface area contributed by atoms with Gasteiger partial charge in [0.1, 0.15) is 17.2 Å². The zero-order valence-electron chi connectivity index (χ0n) is 21.5. The van der Waals surface area contributed by atoms with Gasteiger partial charge in [0.15, 0.2) is 5.69 Å². The molecule has 1 aliphatic heterocycles. The number of primary amides is 1. The maximum Gasteiger partial charge on any atom is 0.255 e. The number of fused-ring (bicyclic) bond motifs is 1. The number of carbonyl (C=O) groups is 2. The lowest BCUT2D eigenvalue weighted by molar-refractivity contribution is -0.128. The first kappa shape index (κ1) is 25.8. The summed E-state index contributed by atoms with van der Waals surface area (Å²) in [6, 6.07) is 3.46. The van der Waals surface area contributed by atoms with Crippen LogP contribution in [0.2, 0.25) is 5.02 Å².